The standard InChI is InChI=1S/C8H13N3/c9-4-1-5-11-8-2-6-10-7-3-8/h1,5,8,10-11H,2-3,6-7H2/b5-1-. The Bertz CT molecular complexity index is 163. The number of nitrogens with zero attached hydrogens (tertiary/aromatic N) is 1. The maximum absolute atomic E-state index is 8.21. The van der Waals surface area contributed by atoms with Crippen LogP contribution in [0.25, 0.3) is 0 Å². The topological polar surface area (TPSA) is 47.9 Å². The average molecular weight is 151 g/mol. The van der Waals surface area contributed by atoms with Crippen LogP contribution in [-0.2, 0) is 0 Å². The number of rotatable bonds is 2. The average Bonchev–Trinajstić information content (AvgIpc) is 2.07. The van der Waals surface area contributed by atoms with Crippen molar-refractivity contribution in [2.75, 3.05) is 13.1 Å². The van der Waals surface area contributed by atoms with E-state index in [4.69, 9.17) is 5.26 Å². The van der Waals surface area contributed by atoms with Crippen LogP contribution in [0.15, 0.2) is 12.3 Å². The monoisotopic (exact) mass is 151 g/mol. The highest BCUT2D eigenvalue weighted by Crippen LogP contribution is 2.00. The number of hydrogen-bond acceptors (Lipinski definition) is 3. The first-order chi connectivity index (χ1) is 5.43. The summed E-state index contributed by atoms with van der Waals surface area (Å²) >= 11 is 0. The van der Waals surface area contributed by atoms with E-state index in [0.29, 0.717) is 6.04 Å². The van der Waals surface area contributed by atoms with E-state index in [0.717, 1.165) is 25.9 Å². The van der Waals surface area contributed by atoms with Gasteiger partial charge in [-0.05, 0) is 25.9 Å². The second kappa shape index (κ2) is 4.75. The van der Waals surface area contributed by atoms with Crippen molar-refractivity contribution in [3.63, 3.8) is 0 Å². The van der Waals surface area contributed by atoms with Crippen molar-refractivity contribution in [2.24, 2.45) is 0 Å². The summed E-state index contributed by atoms with van der Waals surface area (Å²) in [6.07, 6.45) is 5.50. The molecule has 1 fully saturated rings. The minimum Gasteiger partial charge on any atom is -0.387 e. The van der Waals surface area contributed by atoms with E-state index in [1.54, 1.807) is 6.20 Å². The van der Waals surface area contributed by atoms with Gasteiger partial charge in [0.25, 0.3) is 0 Å². The van der Waals surface area contributed by atoms with Crippen molar-refractivity contribution in [2.45, 2.75) is 18.9 Å². The number of allylic oxidation sites excluding steroid dienone is 1. The normalized spacial score (nSPS) is 19.9. The second-order valence-corrected chi connectivity index (χ2v) is 2.65. The molecular formula is C8H13N3. The maximum Gasteiger partial charge on any atom is 0.0927 e. The molecule has 0 unspecified atom stereocenters. The fourth-order valence-electron chi connectivity index (χ4n) is 1.21. The van der Waals surface area contributed by atoms with Gasteiger partial charge in [-0.25, -0.2) is 0 Å². The fourth-order valence-corrected chi connectivity index (χ4v) is 1.21. The molecule has 0 spiro atoms. The van der Waals surface area contributed by atoms with Gasteiger partial charge in [0.2, 0.25) is 0 Å². The molecule has 11 heavy (non-hydrogen) atoms. The van der Waals surface area contributed by atoms with E-state index in [1.165, 1.54) is 6.08 Å². The highest BCUT2D eigenvalue weighted by molar-refractivity contribution is 5.01. The number of piperidine rings is 1. The second-order valence-electron chi connectivity index (χ2n) is 2.65. The number of nitriles is 1. The van der Waals surface area contributed by atoms with Crippen LogP contribution in [0.2, 0.25) is 0 Å². The summed E-state index contributed by atoms with van der Waals surface area (Å²) in [5.74, 6) is 0. The first-order valence-electron chi connectivity index (χ1n) is 3.95. The first-order valence-corrected chi connectivity index (χ1v) is 3.95. The highest BCUT2D eigenvalue weighted by atomic mass is 14.9. The lowest BCUT2D eigenvalue weighted by atomic mass is 10.1. The largest absolute Gasteiger partial charge is 0.387 e. The molecule has 1 aliphatic heterocycles. The van der Waals surface area contributed by atoms with Crippen molar-refractivity contribution < 1.29 is 0 Å². The maximum atomic E-state index is 8.21. The van der Waals surface area contributed by atoms with Crippen molar-refractivity contribution in [3.05, 3.63) is 12.3 Å². The molecule has 0 aromatic carbocycles. The van der Waals surface area contributed by atoms with E-state index in [1.807, 2.05) is 6.07 Å². The first kappa shape index (κ1) is 8.09. The summed E-state index contributed by atoms with van der Waals surface area (Å²) in [6, 6.07) is 2.50. The Kier molecular flexibility index (Phi) is 3.49. The van der Waals surface area contributed by atoms with Gasteiger partial charge in [0.1, 0.15) is 0 Å². The molecule has 0 atom stereocenters. The van der Waals surface area contributed by atoms with E-state index in [9.17, 15) is 0 Å². The Morgan fingerprint density at radius 2 is 2.18 bits per heavy atom. The van der Waals surface area contributed by atoms with Gasteiger partial charge in [0, 0.05) is 18.3 Å². The van der Waals surface area contributed by atoms with Crippen LogP contribution in [0.4, 0.5) is 0 Å². The summed E-state index contributed by atoms with van der Waals surface area (Å²) in [5.41, 5.74) is 0. The molecule has 1 saturated heterocycles. The molecule has 1 aliphatic rings. The summed E-state index contributed by atoms with van der Waals surface area (Å²) in [5, 5.41) is 14.7. The van der Waals surface area contributed by atoms with Crippen molar-refractivity contribution in [1.29, 1.82) is 5.26 Å². The van der Waals surface area contributed by atoms with Gasteiger partial charge in [-0.2, -0.15) is 5.26 Å². The van der Waals surface area contributed by atoms with Crippen molar-refractivity contribution in [1.82, 2.24) is 10.6 Å². The molecule has 3 nitrogen and oxygen atoms in total. The molecular weight excluding hydrogens is 138 g/mol. The van der Waals surface area contributed by atoms with Crippen LogP contribution >= 0.6 is 0 Å². The van der Waals surface area contributed by atoms with Crippen molar-refractivity contribution in [3.8, 4) is 6.07 Å². The lowest BCUT2D eigenvalue weighted by Crippen LogP contribution is -2.37. The minimum atomic E-state index is 0.556. The SMILES string of the molecule is N#C/C=C\NC1CCNCC1. The molecule has 1 rings (SSSR count). The smallest absolute Gasteiger partial charge is 0.0927 e. The quantitative estimate of drug-likeness (QED) is 0.560. The summed E-state index contributed by atoms with van der Waals surface area (Å²) in [6.45, 7) is 2.16. The molecule has 0 saturated carbocycles. The molecule has 0 aliphatic carbocycles. The van der Waals surface area contributed by atoms with Crippen molar-refractivity contribution >= 4 is 0 Å². The van der Waals surface area contributed by atoms with Crippen LogP contribution < -0.4 is 10.6 Å². The molecule has 1 heterocycles. The Morgan fingerprint density at radius 1 is 1.45 bits per heavy atom. The van der Waals surface area contributed by atoms with Gasteiger partial charge in [0.15, 0.2) is 0 Å². The van der Waals surface area contributed by atoms with E-state index < -0.39 is 0 Å². The summed E-state index contributed by atoms with van der Waals surface area (Å²) in [4.78, 5) is 0. The molecule has 0 bridgehead atoms. The molecule has 2 N–H and O–H groups in total. The zero-order chi connectivity index (χ0) is 7.94. The van der Waals surface area contributed by atoms with Crippen LogP contribution in [0.3, 0.4) is 0 Å². The lowest BCUT2D eigenvalue weighted by Gasteiger charge is -2.22. The zero-order valence-corrected chi connectivity index (χ0v) is 6.51. The van der Waals surface area contributed by atoms with Gasteiger partial charge in [-0.1, -0.05) is 0 Å². The lowest BCUT2D eigenvalue weighted by molar-refractivity contribution is 0.420. The van der Waals surface area contributed by atoms with Gasteiger partial charge in [-0.3, -0.25) is 0 Å². The van der Waals surface area contributed by atoms with E-state index in [-0.39, 0.29) is 0 Å². The minimum absolute atomic E-state index is 0.556. The van der Waals surface area contributed by atoms with Gasteiger partial charge in [0.05, 0.1) is 6.07 Å². The fraction of sp³-hybridized carbons (Fsp3) is 0.625. The molecule has 0 aromatic rings. The molecule has 0 radical (unpaired) electrons. The predicted molar refractivity (Wildman–Crippen MR) is 43.8 cm³/mol. The van der Waals surface area contributed by atoms with E-state index in [2.05, 4.69) is 10.6 Å². The highest BCUT2D eigenvalue weighted by Gasteiger charge is 2.09. The van der Waals surface area contributed by atoms with Crippen LogP contribution in [0, 0.1) is 11.3 Å². The van der Waals surface area contributed by atoms with Crippen LogP contribution in [0.5, 0.6) is 0 Å². The third-order valence-corrected chi connectivity index (χ3v) is 1.83. The Labute approximate surface area is 67.1 Å². The van der Waals surface area contributed by atoms with Gasteiger partial charge < -0.3 is 10.6 Å². The molecule has 3 heteroatoms. The third-order valence-electron chi connectivity index (χ3n) is 1.83. The summed E-state index contributed by atoms with van der Waals surface area (Å²) < 4.78 is 0. The van der Waals surface area contributed by atoms with Gasteiger partial charge >= 0.3 is 0 Å². The Hall–Kier alpha value is -1.01. The summed E-state index contributed by atoms with van der Waals surface area (Å²) in [7, 11) is 0. The Morgan fingerprint density at radius 3 is 2.82 bits per heavy atom. The molecule has 60 valence electrons. The number of nitrogens with one attached hydrogen (secondary N) is 2. The van der Waals surface area contributed by atoms with Crippen LogP contribution in [-0.4, -0.2) is 19.1 Å². The Balaban J connectivity index is 2.15. The molecule has 0 amide bonds. The van der Waals surface area contributed by atoms with E-state index >= 15 is 0 Å². The zero-order valence-electron chi connectivity index (χ0n) is 6.51. The van der Waals surface area contributed by atoms with Gasteiger partial charge in [-0.15, -0.1) is 0 Å². The predicted octanol–water partition coefficient (Wildman–Crippen LogP) is 0.365. The van der Waals surface area contributed by atoms with Crippen LogP contribution in [0.1, 0.15) is 12.8 Å². The third kappa shape index (κ3) is 3.06. The number of hydrogen-bond donors (Lipinski definition) is 2. The molecule has 0 aromatic heterocycles.